The maximum atomic E-state index is 13.0. The van der Waals surface area contributed by atoms with Gasteiger partial charge in [0.25, 0.3) is 0 Å². The van der Waals surface area contributed by atoms with Crippen LogP contribution >= 0.6 is 0 Å². The van der Waals surface area contributed by atoms with E-state index < -0.39 is 0 Å². The van der Waals surface area contributed by atoms with Crippen molar-refractivity contribution in [3.05, 3.63) is 70.1 Å². The molecule has 1 aliphatic heterocycles. The van der Waals surface area contributed by atoms with Crippen LogP contribution in [0.15, 0.2) is 57.9 Å². The lowest BCUT2D eigenvalue weighted by atomic mass is 10.1. The first-order chi connectivity index (χ1) is 14.7. The first kappa shape index (κ1) is 20.4. The zero-order valence-electron chi connectivity index (χ0n) is 17.4. The summed E-state index contributed by atoms with van der Waals surface area (Å²) in [5, 5.41) is 0.606. The number of ether oxygens (including phenoxy) is 3. The van der Waals surface area contributed by atoms with Crippen LogP contribution < -0.4 is 14.9 Å². The molecule has 0 bridgehead atoms. The molecule has 1 aromatic heterocycles. The predicted octanol–water partition coefficient (Wildman–Crippen LogP) is 3.99. The van der Waals surface area contributed by atoms with Crippen LogP contribution in [0.25, 0.3) is 11.0 Å². The van der Waals surface area contributed by atoms with Crippen molar-refractivity contribution in [2.24, 2.45) is 0 Å². The summed E-state index contributed by atoms with van der Waals surface area (Å²) in [5.74, 6) is 1.51. The number of fused-ring (bicyclic) bond motifs is 1. The van der Waals surface area contributed by atoms with Crippen molar-refractivity contribution in [2.75, 3.05) is 27.4 Å². The summed E-state index contributed by atoms with van der Waals surface area (Å²) < 4.78 is 22.5. The Balaban J connectivity index is 1.62. The quantitative estimate of drug-likeness (QED) is 0.561. The van der Waals surface area contributed by atoms with Gasteiger partial charge in [0.2, 0.25) is 0 Å². The predicted molar refractivity (Wildman–Crippen MR) is 115 cm³/mol. The molecule has 2 aromatic carbocycles. The monoisotopic (exact) mass is 409 g/mol. The van der Waals surface area contributed by atoms with Crippen molar-refractivity contribution >= 4 is 11.0 Å². The standard InChI is InChI=1S/C24H27NO5/c1-27-19-10-9-17(23(12-19)28-2)13-25(15-20-6-5-11-29-20)14-18-16-30-22-8-4-3-7-21(22)24(18)26/h3-4,7-10,12,16,20H,5-6,11,13-15H2,1-2H3. The van der Waals surface area contributed by atoms with E-state index in [0.29, 0.717) is 29.6 Å². The summed E-state index contributed by atoms with van der Waals surface area (Å²) in [7, 11) is 3.29. The molecule has 4 rings (SSSR count). The fraction of sp³-hybridized carbons (Fsp3) is 0.375. The molecule has 1 unspecified atom stereocenters. The van der Waals surface area contributed by atoms with Gasteiger partial charge in [0, 0.05) is 43.4 Å². The highest BCUT2D eigenvalue weighted by Crippen LogP contribution is 2.27. The number of nitrogens with zero attached hydrogens (tertiary/aromatic N) is 1. The molecule has 0 saturated carbocycles. The third-order valence-corrected chi connectivity index (χ3v) is 5.52. The van der Waals surface area contributed by atoms with E-state index in [0.717, 1.165) is 43.1 Å². The maximum absolute atomic E-state index is 13.0. The Labute approximate surface area is 176 Å². The van der Waals surface area contributed by atoms with Gasteiger partial charge in [0.05, 0.1) is 32.0 Å². The molecule has 0 spiro atoms. The van der Waals surface area contributed by atoms with Crippen molar-refractivity contribution in [1.29, 1.82) is 0 Å². The van der Waals surface area contributed by atoms with Crippen LogP contribution in [0.3, 0.4) is 0 Å². The van der Waals surface area contributed by atoms with E-state index >= 15 is 0 Å². The van der Waals surface area contributed by atoms with Crippen LogP contribution in [0.4, 0.5) is 0 Å². The van der Waals surface area contributed by atoms with Gasteiger partial charge in [-0.05, 0) is 31.0 Å². The maximum Gasteiger partial charge on any atom is 0.197 e. The Morgan fingerprint density at radius 1 is 1.07 bits per heavy atom. The largest absolute Gasteiger partial charge is 0.497 e. The Hall–Kier alpha value is -2.83. The highest BCUT2D eigenvalue weighted by molar-refractivity contribution is 5.76. The number of methoxy groups -OCH3 is 2. The second-order valence-corrected chi connectivity index (χ2v) is 7.57. The van der Waals surface area contributed by atoms with E-state index in [2.05, 4.69) is 4.90 Å². The Morgan fingerprint density at radius 2 is 1.90 bits per heavy atom. The van der Waals surface area contributed by atoms with Gasteiger partial charge in [-0.25, -0.2) is 0 Å². The lowest BCUT2D eigenvalue weighted by molar-refractivity contribution is 0.0673. The minimum atomic E-state index is 0.0101. The van der Waals surface area contributed by atoms with Gasteiger partial charge in [-0.3, -0.25) is 9.69 Å². The highest BCUT2D eigenvalue weighted by atomic mass is 16.5. The molecule has 30 heavy (non-hydrogen) atoms. The average Bonchev–Trinajstić information content (AvgIpc) is 3.29. The van der Waals surface area contributed by atoms with Crippen molar-refractivity contribution in [2.45, 2.75) is 32.0 Å². The van der Waals surface area contributed by atoms with Crippen LogP contribution in [0.5, 0.6) is 11.5 Å². The minimum absolute atomic E-state index is 0.0101. The molecule has 6 heteroatoms. The summed E-state index contributed by atoms with van der Waals surface area (Å²) >= 11 is 0. The molecule has 1 saturated heterocycles. The molecule has 158 valence electrons. The minimum Gasteiger partial charge on any atom is -0.497 e. The number of rotatable bonds is 8. The van der Waals surface area contributed by atoms with Gasteiger partial charge in [-0.15, -0.1) is 0 Å². The molecule has 1 atom stereocenters. The lowest BCUT2D eigenvalue weighted by Crippen LogP contribution is -2.33. The summed E-state index contributed by atoms with van der Waals surface area (Å²) in [4.78, 5) is 15.2. The zero-order chi connectivity index (χ0) is 20.9. The van der Waals surface area contributed by atoms with Crippen LogP contribution in [0.2, 0.25) is 0 Å². The molecule has 0 N–H and O–H groups in total. The van der Waals surface area contributed by atoms with Crippen LogP contribution in [-0.4, -0.2) is 38.4 Å². The SMILES string of the molecule is COc1ccc(CN(Cc2coc3ccccc3c2=O)CC2CCCO2)c(OC)c1. The van der Waals surface area contributed by atoms with Crippen molar-refractivity contribution < 1.29 is 18.6 Å². The lowest BCUT2D eigenvalue weighted by Gasteiger charge is -2.26. The molecule has 0 radical (unpaired) electrons. The van der Waals surface area contributed by atoms with Crippen LogP contribution in [0, 0.1) is 0 Å². The van der Waals surface area contributed by atoms with E-state index in [4.69, 9.17) is 18.6 Å². The van der Waals surface area contributed by atoms with Gasteiger partial charge in [0.15, 0.2) is 5.43 Å². The number of para-hydroxylation sites is 1. The Kier molecular flexibility index (Phi) is 6.35. The van der Waals surface area contributed by atoms with E-state index in [1.807, 2.05) is 42.5 Å². The number of benzene rings is 2. The summed E-state index contributed by atoms with van der Waals surface area (Å²) in [5.41, 5.74) is 2.28. The molecule has 2 heterocycles. The molecule has 1 fully saturated rings. The fourth-order valence-electron chi connectivity index (χ4n) is 3.95. The van der Waals surface area contributed by atoms with Crippen LogP contribution in [-0.2, 0) is 17.8 Å². The van der Waals surface area contributed by atoms with Crippen molar-refractivity contribution in [3.8, 4) is 11.5 Å². The van der Waals surface area contributed by atoms with E-state index in [9.17, 15) is 4.79 Å². The molecule has 0 aliphatic carbocycles. The first-order valence-electron chi connectivity index (χ1n) is 10.2. The van der Waals surface area contributed by atoms with E-state index in [1.165, 1.54) is 0 Å². The van der Waals surface area contributed by atoms with Crippen molar-refractivity contribution in [3.63, 3.8) is 0 Å². The second-order valence-electron chi connectivity index (χ2n) is 7.57. The van der Waals surface area contributed by atoms with Gasteiger partial charge in [-0.1, -0.05) is 18.2 Å². The van der Waals surface area contributed by atoms with E-state index in [1.54, 1.807) is 20.5 Å². The third kappa shape index (κ3) is 4.50. The van der Waals surface area contributed by atoms with E-state index in [-0.39, 0.29) is 11.5 Å². The van der Waals surface area contributed by atoms with Gasteiger partial charge < -0.3 is 18.6 Å². The first-order valence-corrected chi connectivity index (χ1v) is 10.2. The Morgan fingerprint density at radius 3 is 2.67 bits per heavy atom. The normalized spacial score (nSPS) is 16.3. The van der Waals surface area contributed by atoms with Gasteiger partial charge >= 0.3 is 0 Å². The molecule has 1 aliphatic rings. The highest BCUT2D eigenvalue weighted by Gasteiger charge is 2.22. The fourth-order valence-corrected chi connectivity index (χ4v) is 3.95. The number of hydrogen-bond acceptors (Lipinski definition) is 6. The summed E-state index contributed by atoms with van der Waals surface area (Å²) in [6.45, 7) is 2.63. The molecule has 0 amide bonds. The third-order valence-electron chi connectivity index (χ3n) is 5.52. The van der Waals surface area contributed by atoms with Crippen molar-refractivity contribution in [1.82, 2.24) is 4.90 Å². The number of hydrogen-bond donors (Lipinski definition) is 0. The second kappa shape index (κ2) is 9.32. The summed E-state index contributed by atoms with van der Waals surface area (Å²) in [6, 6.07) is 13.1. The van der Waals surface area contributed by atoms with Gasteiger partial charge in [-0.2, -0.15) is 0 Å². The van der Waals surface area contributed by atoms with Gasteiger partial charge in [0.1, 0.15) is 17.1 Å². The molecular weight excluding hydrogens is 382 g/mol. The zero-order valence-corrected chi connectivity index (χ0v) is 17.4. The van der Waals surface area contributed by atoms with Crippen LogP contribution in [0.1, 0.15) is 24.0 Å². The topological polar surface area (TPSA) is 61.1 Å². The molecule has 6 nitrogen and oxygen atoms in total. The molecular formula is C24H27NO5. The molecule has 3 aromatic rings. The Bertz CT molecular complexity index is 1050. The average molecular weight is 409 g/mol. The summed E-state index contributed by atoms with van der Waals surface area (Å²) in [6.07, 6.45) is 3.85. The smallest absolute Gasteiger partial charge is 0.197 e.